The van der Waals surface area contributed by atoms with E-state index in [0.29, 0.717) is 6.54 Å². The van der Waals surface area contributed by atoms with Crippen molar-refractivity contribution in [2.24, 2.45) is 0 Å². The molecule has 0 spiro atoms. The molecule has 1 amide bonds. The van der Waals surface area contributed by atoms with Crippen molar-refractivity contribution < 1.29 is 4.79 Å². The molecule has 134 valence electrons. The molecular weight excluding hydrogens is 356 g/mol. The molecule has 0 saturated carbocycles. The maximum Gasteiger partial charge on any atom is 0.238 e. The highest BCUT2D eigenvalue weighted by Gasteiger charge is 2.07. The molecule has 4 aromatic rings. The van der Waals surface area contributed by atoms with Crippen LogP contribution in [0.25, 0.3) is 20.8 Å². The lowest BCUT2D eigenvalue weighted by Crippen LogP contribution is -2.27. The van der Waals surface area contributed by atoms with Crippen molar-refractivity contribution in [3.8, 4) is 10.6 Å². The molecule has 0 aliphatic heterocycles. The third-order valence-corrected chi connectivity index (χ3v) is 5.11. The summed E-state index contributed by atoms with van der Waals surface area (Å²) in [5.74, 6) is -0.0846. The predicted molar refractivity (Wildman–Crippen MR) is 110 cm³/mol. The van der Waals surface area contributed by atoms with Crippen molar-refractivity contribution in [1.82, 2.24) is 15.3 Å². The molecule has 6 heteroatoms. The smallest absolute Gasteiger partial charge is 0.238 e. The van der Waals surface area contributed by atoms with Gasteiger partial charge in [0.25, 0.3) is 0 Å². The fourth-order valence-corrected chi connectivity index (χ4v) is 3.67. The Labute approximate surface area is 161 Å². The number of benzene rings is 2. The van der Waals surface area contributed by atoms with Crippen LogP contribution in [-0.2, 0) is 11.3 Å². The van der Waals surface area contributed by atoms with E-state index >= 15 is 0 Å². The number of amides is 1. The van der Waals surface area contributed by atoms with Crippen molar-refractivity contribution in [2.45, 2.75) is 6.54 Å². The number of hydrogen-bond acceptors (Lipinski definition) is 5. The first-order valence-corrected chi connectivity index (χ1v) is 9.46. The number of pyridine rings is 1. The normalized spacial score (nSPS) is 10.8. The highest BCUT2D eigenvalue weighted by atomic mass is 32.1. The van der Waals surface area contributed by atoms with Gasteiger partial charge in [0.05, 0.1) is 22.5 Å². The summed E-state index contributed by atoms with van der Waals surface area (Å²) in [5.41, 5.74) is 3.73. The summed E-state index contributed by atoms with van der Waals surface area (Å²) in [6.45, 7) is 0.793. The number of nitrogens with one attached hydrogen (secondary N) is 2. The molecule has 2 heterocycles. The summed E-state index contributed by atoms with van der Waals surface area (Å²) < 4.78 is 1.17. The van der Waals surface area contributed by atoms with Gasteiger partial charge in [-0.3, -0.25) is 9.78 Å². The van der Waals surface area contributed by atoms with Gasteiger partial charge in [-0.25, -0.2) is 4.98 Å². The third kappa shape index (κ3) is 4.36. The number of fused-ring (bicyclic) bond motifs is 1. The van der Waals surface area contributed by atoms with E-state index in [0.717, 1.165) is 27.5 Å². The number of aromatic nitrogens is 2. The van der Waals surface area contributed by atoms with Gasteiger partial charge in [-0.1, -0.05) is 18.2 Å². The minimum Gasteiger partial charge on any atom is -0.325 e. The van der Waals surface area contributed by atoms with Crippen LogP contribution >= 0.6 is 11.3 Å². The van der Waals surface area contributed by atoms with Crippen molar-refractivity contribution in [3.05, 3.63) is 78.6 Å². The molecule has 0 atom stereocenters. The van der Waals surface area contributed by atoms with Crippen LogP contribution in [0.3, 0.4) is 0 Å². The average molecular weight is 374 g/mol. The Bertz CT molecular complexity index is 1010. The molecule has 27 heavy (non-hydrogen) atoms. The standard InChI is InChI=1S/C21H18N4OS/c26-20(14-22-13-17-5-3-4-12-23-17)24-16-10-8-15(9-11-16)21-25-18-6-1-2-7-19(18)27-21/h1-12,22H,13-14H2,(H,24,26). The summed E-state index contributed by atoms with van der Waals surface area (Å²) in [7, 11) is 0. The Morgan fingerprint density at radius 3 is 2.56 bits per heavy atom. The average Bonchev–Trinajstić information content (AvgIpc) is 3.13. The van der Waals surface area contributed by atoms with Gasteiger partial charge in [0.15, 0.2) is 0 Å². The number of carbonyl (C=O) groups is 1. The summed E-state index contributed by atoms with van der Waals surface area (Å²) in [4.78, 5) is 20.9. The van der Waals surface area contributed by atoms with Crippen LogP contribution in [0.4, 0.5) is 5.69 Å². The van der Waals surface area contributed by atoms with Gasteiger partial charge >= 0.3 is 0 Å². The van der Waals surface area contributed by atoms with E-state index in [9.17, 15) is 4.79 Å². The van der Waals surface area contributed by atoms with E-state index in [1.165, 1.54) is 4.70 Å². The molecule has 2 aromatic carbocycles. The lowest BCUT2D eigenvalue weighted by Gasteiger charge is -2.07. The fourth-order valence-electron chi connectivity index (χ4n) is 2.70. The maximum atomic E-state index is 12.1. The zero-order chi connectivity index (χ0) is 18.5. The monoisotopic (exact) mass is 374 g/mol. The van der Waals surface area contributed by atoms with Crippen molar-refractivity contribution in [1.29, 1.82) is 0 Å². The zero-order valence-corrected chi connectivity index (χ0v) is 15.4. The minimum atomic E-state index is -0.0846. The maximum absolute atomic E-state index is 12.1. The van der Waals surface area contributed by atoms with Gasteiger partial charge in [-0.15, -0.1) is 11.3 Å². The lowest BCUT2D eigenvalue weighted by molar-refractivity contribution is -0.115. The second kappa shape index (κ2) is 8.07. The number of nitrogens with zero attached hydrogens (tertiary/aromatic N) is 2. The molecule has 0 bridgehead atoms. The highest BCUT2D eigenvalue weighted by Crippen LogP contribution is 2.30. The summed E-state index contributed by atoms with van der Waals surface area (Å²) in [6.07, 6.45) is 1.74. The van der Waals surface area contributed by atoms with Gasteiger partial charge in [-0.2, -0.15) is 0 Å². The van der Waals surface area contributed by atoms with Crippen molar-refractivity contribution in [2.75, 3.05) is 11.9 Å². The van der Waals surface area contributed by atoms with Gasteiger partial charge in [0.1, 0.15) is 5.01 Å². The molecular formula is C21H18N4OS. The van der Waals surface area contributed by atoms with E-state index in [1.807, 2.05) is 60.7 Å². The van der Waals surface area contributed by atoms with Crippen LogP contribution in [0, 0.1) is 0 Å². The molecule has 0 radical (unpaired) electrons. The Balaban J connectivity index is 1.34. The van der Waals surface area contributed by atoms with Crippen LogP contribution in [0.5, 0.6) is 0 Å². The number of thiazole rings is 1. The number of rotatable bonds is 6. The molecule has 4 rings (SSSR count). The molecule has 0 fully saturated rings. The number of anilines is 1. The quantitative estimate of drug-likeness (QED) is 0.533. The zero-order valence-electron chi connectivity index (χ0n) is 14.6. The topological polar surface area (TPSA) is 66.9 Å². The SMILES string of the molecule is O=C(CNCc1ccccn1)Nc1ccc(-c2nc3ccccc3s2)cc1. The molecule has 2 N–H and O–H groups in total. The summed E-state index contributed by atoms with van der Waals surface area (Å²) >= 11 is 1.66. The van der Waals surface area contributed by atoms with E-state index in [1.54, 1.807) is 17.5 Å². The Kier molecular flexibility index (Phi) is 5.18. The van der Waals surface area contributed by atoms with Gasteiger partial charge in [0, 0.05) is 24.0 Å². The first-order valence-electron chi connectivity index (χ1n) is 8.64. The van der Waals surface area contributed by atoms with Crippen LogP contribution in [0.1, 0.15) is 5.69 Å². The van der Waals surface area contributed by atoms with Gasteiger partial charge in [-0.05, 0) is 48.5 Å². The van der Waals surface area contributed by atoms with E-state index in [2.05, 4.69) is 26.7 Å². The molecule has 0 unspecified atom stereocenters. The molecule has 5 nitrogen and oxygen atoms in total. The van der Waals surface area contributed by atoms with E-state index in [-0.39, 0.29) is 12.5 Å². The van der Waals surface area contributed by atoms with Gasteiger partial charge in [0.2, 0.25) is 5.91 Å². The summed E-state index contributed by atoms with van der Waals surface area (Å²) in [6, 6.07) is 21.6. The number of carbonyl (C=O) groups excluding carboxylic acids is 1. The lowest BCUT2D eigenvalue weighted by atomic mass is 10.2. The number of hydrogen-bond donors (Lipinski definition) is 2. The first kappa shape index (κ1) is 17.3. The number of para-hydroxylation sites is 1. The first-order chi connectivity index (χ1) is 13.3. The molecule has 0 aliphatic carbocycles. The van der Waals surface area contributed by atoms with Crippen molar-refractivity contribution >= 4 is 33.1 Å². The third-order valence-electron chi connectivity index (χ3n) is 4.03. The predicted octanol–water partition coefficient (Wildman–Crippen LogP) is 4.09. The molecule has 0 aliphatic rings. The van der Waals surface area contributed by atoms with Gasteiger partial charge < -0.3 is 10.6 Å². The van der Waals surface area contributed by atoms with Crippen LogP contribution in [0.2, 0.25) is 0 Å². The van der Waals surface area contributed by atoms with Crippen LogP contribution in [-0.4, -0.2) is 22.4 Å². The minimum absolute atomic E-state index is 0.0846. The fraction of sp³-hybridized carbons (Fsp3) is 0.0952. The van der Waals surface area contributed by atoms with Crippen LogP contribution < -0.4 is 10.6 Å². The summed E-state index contributed by atoms with van der Waals surface area (Å²) in [5, 5.41) is 6.96. The Morgan fingerprint density at radius 1 is 0.963 bits per heavy atom. The van der Waals surface area contributed by atoms with E-state index < -0.39 is 0 Å². The Hall–Kier alpha value is -3.09. The second-order valence-corrected chi connectivity index (χ2v) is 7.07. The van der Waals surface area contributed by atoms with Crippen LogP contribution in [0.15, 0.2) is 72.9 Å². The molecule has 0 saturated heterocycles. The Morgan fingerprint density at radius 2 is 1.78 bits per heavy atom. The highest BCUT2D eigenvalue weighted by molar-refractivity contribution is 7.21. The van der Waals surface area contributed by atoms with Crippen molar-refractivity contribution in [3.63, 3.8) is 0 Å². The largest absolute Gasteiger partial charge is 0.325 e. The van der Waals surface area contributed by atoms with E-state index in [4.69, 9.17) is 0 Å². The second-order valence-electron chi connectivity index (χ2n) is 6.04. The molecule has 2 aromatic heterocycles.